The van der Waals surface area contributed by atoms with E-state index in [4.69, 9.17) is 16.3 Å². The standard InChI is InChI=1S/C17H20ClN3O4/c18-17-20-11-5-9(15-14(24)13(23)12(7-22)25-15)3-4-10(11)16(21-17)19-6-8-1-2-8/h3-5,8,12-15,22-24H,1-2,6-7H2,(H,19,20,21)/t12-,13-,14-,15+/m1/s1. The van der Waals surface area contributed by atoms with E-state index in [1.807, 2.05) is 12.1 Å². The molecular formula is C17H20ClN3O4. The van der Waals surface area contributed by atoms with E-state index in [2.05, 4.69) is 15.3 Å². The van der Waals surface area contributed by atoms with Crippen LogP contribution in [0.1, 0.15) is 24.5 Å². The molecule has 4 N–H and O–H groups in total. The summed E-state index contributed by atoms with van der Waals surface area (Å²) in [5.41, 5.74) is 1.30. The van der Waals surface area contributed by atoms with E-state index in [9.17, 15) is 15.3 Å². The summed E-state index contributed by atoms with van der Waals surface area (Å²) in [5, 5.41) is 33.6. The first-order valence-corrected chi connectivity index (χ1v) is 8.78. The monoisotopic (exact) mass is 365 g/mol. The van der Waals surface area contributed by atoms with Gasteiger partial charge >= 0.3 is 0 Å². The van der Waals surface area contributed by atoms with Crippen LogP contribution < -0.4 is 5.32 Å². The topological polar surface area (TPSA) is 108 Å². The fourth-order valence-electron chi connectivity index (χ4n) is 3.17. The highest BCUT2D eigenvalue weighted by Gasteiger charge is 2.43. The number of anilines is 1. The van der Waals surface area contributed by atoms with E-state index in [1.54, 1.807) is 6.07 Å². The molecule has 4 rings (SSSR count). The predicted molar refractivity (Wildman–Crippen MR) is 92.5 cm³/mol. The third-order valence-corrected chi connectivity index (χ3v) is 4.99. The molecule has 0 bridgehead atoms. The number of hydrogen-bond acceptors (Lipinski definition) is 7. The van der Waals surface area contributed by atoms with Crippen molar-refractivity contribution in [3.63, 3.8) is 0 Å². The Kier molecular flexibility index (Phi) is 4.51. The molecule has 0 unspecified atom stereocenters. The number of aromatic nitrogens is 2. The summed E-state index contributed by atoms with van der Waals surface area (Å²) in [6.45, 7) is 0.505. The third-order valence-electron chi connectivity index (χ3n) is 4.82. The van der Waals surface area contributed by atoms with Gasteiger partial charge in [0.05, 0.1) is 12.1 Å². The zero-order valence-electron chi connectivity index (χ0n) is 13.5. The van der Waals surface area contributed by atoms with Gasteiger partial charge in [-0.05, 0) is 48.1 Å². The molecule has 134 valence electrons. The van der Waals surface area contributed by atoms with Gasteiger partial charge in [-0.3, -0.25) is 0 Å². The number of hydrogen-bond donors (Lipinski definition) is 4. The predicted octanol–water partition coefficient (Wildman–Crippen LogP) is 1.26. The van der Waals surface area contributed by atoms with Crippen LogP contribution in [0.25, 0.3) is 10.9 Å². The van der Waals surface area contributed by atoms with Crippen LogP contribution in [-0.2, 0) is 4.74 Å². The Morgan fingerprint density at radius 1 is 1.20 bits per heavy atom. The summed E-state index contributed by atoms with van der Waals surface area (Å²) in [6, 6.07) is 5.43. The Hall–Kier alpha value is -1.51. The van der Waals surface area contributed by atoms with Gasteiger partial charge in [-0.25, -0.2) is 9.97 Å². The fourth-order valence-corrected chi connectivity index (χ4v) is 3.34. The smallest absolute Gasteiger partial charge is 0.224 e. The molecule has 1 saturated carbocycles. The largest absolute Gasteiger partial charge is 0.394 e. The van der Waals surface area contributed by atoms with Crippen molar-refractivity contribution >= 4 is 28.3 Å². The molecule has 1 aliphatic carbocycles. The van der Waals surface area contributed by atoms with Crippen molar-refractivity contribution in [2.24, 2.45) is 5.92 Å². The summed E-state index contributed by atoms with van der Waals surface area (Å²) in [5.74, 6) is 1.39. The van der Waals surface area contributed by atoms with Crippen LogP contribution in [0.4, 0.5) is 5.82 Å². The van der Waals surface area contributed by atoms with Crippen LogP contribution in [-0.4, -0.2) is 56.8 Å². The molecule has 1 saturated heterocycles. The van der Waals surface area contributed by atoms with Gasteiger partial charge < -0.3 is 25.4 Å². The molecule has 0 amide bonds. The molecule has 2 aromatic rings. The number of fused-ring (bicyclic) bond motifs is 1. The summed E-state index contributed by atoms with van der Waals surface area (Å²) < 4.78 is 5.58. The lowest BCUT2D eigenvalue weighted by molar-refractivity contribution is -0.0227. The van der Waals surface area contributed by atoms with Gasteiger partial charge in [-0.15, -0.1) is 0 Å². The van der Waals surface area contributed by atoms with Crippen molar-refractivity contribution in [2.75, 3.05) is 18.5 Å². The van der Waals surface area contributed by atoms with Crippen LogP contribution in [0.5, 0.6) is 0 Å². The molecule has 2 fully saturated rings. The molecule has 0 spiro atoms. The van der Waals surface area contributed by atoms with E-state index < -0.39 is 24.4 Å². The molecule has 2 aliphatic rings. The lowest BCUT2D eigenvalue weighted by Crippen LogP contribution is -2.32. The van der Waals surface area contributed by atoms with Crippen molar-refractivity contribution in [3.05, 3.63) is 29.0 Å². The number of aliphatic hydroxyl groups excluding tert-OH is 3. The number of benzene rings is 1. The maximum Gasteiger partial charge on any atom is 0.224 e. The Labute approximate surface area is 149 Å². The van der Waals surface area contributed by atoms with E-state index in [0.29, 0.717) is 22.8 Å². The lowest BCUT2D eigenvalue weighted by atomic mass is 10.0. The zero-order chi connectivity index (χ0) is 17.6. The highest BCUT2D eigenvalue weighted by Crippen LogP contribution is 2.36. The molecule has 1 aromatic carbocycles. The minimum absolute atomic E-state index is 0.143. The first kappa shape index (κ1) is 16.9. The fraction of sp³-hybridized carbons (Fsp3) is 0.529. The van der Waals surface area contributed by atoms with Crippen molar-refractivity contribution in [1.82, 2.24) is 9.97 Å². The Bertz CT molecular complexity index is 786. The van der Waals surface area contributed by atoms with Crippen LogP contribution in [0, 0.1) is 5.92 Å². The number of rotatable bonds is 5. The van der Waals surface area contributed by atoms with Crippen molar-refractivity contribution < 1.29 is 20.1 Å². The van der Waals surface area contributed by atoms with E-state index in [0.717, 1.165) is 11.9 Å². The molecule has 1 aliphatic heterocycles. The van der Waals surface area contributed by atoms with Crippen LogP contribution in [0.3, 0.4) is 0 Å². The number of aliphatic hydroxyl groups is 3. The Morgan fingerprint density at radius 3 is 2.68 bits per heavy atom. The second-order valence-corrected chi connectivity index (χ2v) is 7.04. The molecular weight excluding hydrogens is 346 g/mol. The zero-order valence-corrected chi connectivity index (χ0v) is 14.2. The maximum atomic E-state index is 10.2. The van der Waals surface area contributed by atoms with Crippen LogP contribution in [0.2, 0.25) is 5.28 Å². The first-order valence-electron chi connectivity index (χ1n) is 8.40. The third kappa shape index (κ3) is 3.30. The van der Waals surface area contributed by atoms with Crippen molar-refractivity contribution in [1.29, 1.82) is 0 Å². The minimum Gasteiger partial charge on any atom is -0.394 e. The summed E-state index contributed by atoms with van der Waals surface area (Å²) >= 11 is 6.05. The SMILES string of the molecule is OC[C@H]1O[C@@H](c2ccc3c(NCC4CC4)nc(Cl)nc3c2)[C@H](O)[C@@H]1O. The Morgan fingerprint density at radius 2 is 2.00 bits per heavy atom. The molecule has 4 atom stereocenters. The van der Waals surface area contributed by atoms with E-state index in [1.165, 1.54) is 12.8 Å². The Balaban J connectivity index is 1.65. The summed E-state index contributed by atoms with van der Waals surface area (Å²) in [7, 11) is 0. The second-order valence-electron chi connectivity index (χ2n) is 6.70. The second kappa shape index (κ2) is 6.66. The summed E-state index contributed by atoms with van der Waals surface area (Å²) in [6.07, 6.45) is -1.30. The number of ether oxygens (including phenoxy) is 1. The molecule has 7 nitrogen and oxygen atoms in total. The van der Waals surface area contributed by atoms with Crippen LogP contribution in [0.15, 0.2) is 18.2 Å². The highest BCUT2D eigenvalue weighted by atomic mass is 35.5. The quantitative estimate of drug-likeness (QED) is 0.591. The highest BCUT2D eigenvalue weighted by molar-refractivity contribution is 6.28. The number of halogens is 1. The average Bonchev–Trinajstić information content (AvgIpc) is 3.38. The molecule has 1 aromatic heterocycles. The van der Waals surface area contributed by atoms with Gasteiger partial charge in [0.25, 0.3) is 0 Å². The molecule has 2 heterocycles. The van der Waals surface area contributed by atoms with Gasteiger partial charge in [0.1, 0.15) is 30.2 Å². The number of nitrogens with zero attached hydrogens (tertiary/aromatic N) is 2. The van der Waals surface area contributed by atoms with Crippen molar-refractivity contribution in [2.45, 2.75) is 37.3 Å². The van der Waals surface area contributed by atoms with E-state index in [-0.39, 0.29) is 11.9 Å². The summed E-state index contributed by atoms with van der Waals surface area (Å²) in [4.78, 5) is 8.53. The average molecular weight is 366 g/mol. The molecule has 8 heteroatoms. The molecule has 25 heavy (non-hydrogen) atoms. The number of nitrogens with one attached hydrogen (secondary N) is 1. The maximum absolute atomic E-state index is 10.2. The first-order chi connectivity index (χ1) is 12.1. The van der Waals surface area contributed by atoms with Gasteiger partial charge in [0, 0.05) is 11.9 Å². The van der Waals surface area contributed by atoms with Gasteiger partial charge in [0.15, 0.2) is 0 Å². The lowest BCUT2D eigenvalue weighted by Gasteiger charge is -2.16. The molecule has 0 radical (unpaired) electrons. The normalized spacial score (nSPS) is 29.3. The minimum atomic E-state index is -1.13. The van der Waals surface area contributed by atoms with Crippen LogP contribution >= 0.6 is 11.6 Å². The van der Waals surface area contributed by atoms with Crippen molar-refractivity contribution in [3.8, 4) is 0 Å². The van der Waals surface area contributed by atoms with Gasteiger partial charge in [0.2, 0.25) is 5.28 Å². The van der Waals surface area contributed by atoms with Gasteiger partial charge in [-0.1, -0.05) is 6.07 Å². The van der Waals surface area contributed by atoms with Gasteiger partial charge in [-0.2, -0.15) is 0 Å². The van der Waals surface area contributed by atoms with E-state index >= 15 is 0 Å².